The van der Waals surface area contributed by atoms with Crippen molar-refractivity contribution in [3.63, 3.8) is 0 Å². The van der Waals surface area contributed by atoms with E-state index in [9.17, 15) is 4.53 Å². The molecule has 0 saturated carbocycles. The van der Waals surface area contributed by atoms with Crippen molar-refractivity contribution in [2.75, 3.05) is 13.4 Å². The summed E-state index contributed by atoms with van der Waals surface area (Å²) in [6.07, 6.45) is 0. The fourth-order valence-electron chi connectivity index (χ4n) is 0.469. The highest BCUT2D eigenvalue weighted by Crippen LogP contribution is 2.07. The Morgan fingerprint density at radius 2 is 1.90 bits per heavy atom. The van der Waals surface area contributed by atoms with Gasteiger partial charge in [-0.1, -0.05) is 19.6 Å². The molecule has 0 rings (SSSR count). The van der Waals surface area contributed by atoms with E-state index in [4.69, 9.17) is 4.74 Å². The summed E-state index contributed by atoms with van der Waals surface area (Å²) in [7, 11) is -1.01. The molecule has 0 aliphatic heterocycles. The molecule has 62 valence electrons. The monoisotopic (exact) mass is 166 g/mol. The van der Waals surface area contributed by atoms with E-state index < -0.39 is 8.07 Å². The van der Waals surface area contributed by atoms with Gasteiger partial charge in [-0.2, -0.15) is 4.94 Å². The van der Waals surface area contributed by atoms with Crippen LogP contribution in [0.5, 0.6) is 0 Å². The normalized spacial score (nSPS) is 12.0. The Morgan fingerprint density at radius 1 is 1.30 bits per heavy atom. The van der Waals surface area contributed by atoms with Gasteiger partial charge in [-0.05, 0) is 10.6 Å². The molecule has 0 unspecified atom stereocenters. The van der Waals surface area contributed by atoms with E-state index in [1.54, 1.807) is 0 Å². The molecule has 0 aliphatic carbocycles. The van der Waals surface area contributed by atoms with Gasteiger partial charge in [0, 0.05) is 14.7 Å². The Balaban J connectivity index is 3.04. The molecular weight excluding hydrogens is 151 g/mol. The largest absolute Gasteiger partial charge is 0.352 e. The van der Waals surface area contributed by atoms with Crippen LogP contribution in [0, 0.1) is 0 Å². The highest BCUT2D eigenvalue weighted by Gasteiger charge is 2.11. The third-order valence-electron chi connectivity index (χ3n) is 1.12. The Bertz CT molecular complexity index is 82.3. The summed E-state index contributed by atoms with van der Waals surface area (Å²) in [5.41, 5.74) is 0. The molecule has 0 N–H and O–H groups in total. The summed E-state index contributed by atoms with van der Waals surface area (Å²) in [6, 6.07) is 1.05. The standard InChI is InChI=1S/C6H15FO2Si/c1-10(2,3)5-4-8-6-9-7/h4-6H2,1-3H3. The number of hydrogen-bond donors (Lipinski definition) is 0. The van der Waals surface area contributed by atoms with E-state index in [2.05, 4.69) is 24.6 Å². The minimum atomic E-state index is -1.01. The summed E-state index contributed by atoms with van der Waals surface area (Å²) in [6.45, 7) is 7.11. The molecule has 0 atom stereocenters. The molecule has 0 heterocycles. The zero-order valence-corrected chi connectivity index (χ0v) is 7.82. The molecular formula is C6H15FO2Si. The van der Waals surface area contributed by atoms with Crippen LogP contribution in [0.4, 0.5) is 4.53 Å². The van der Waals surface area contributed by atoms with Gasteiger partial charge in [0.1, 0.15) is 0 Å². The first kappa shape index (κ1) is 10.1. The second-order valence-corrected chi connectivity index (χ2v) is 9.07. The van der Waals surface area contributed by atoms with Crippen LogP contribution in [0.3, 0.4) is 0 Å². The Kier molecular flexibility index (Phi) is 4.85. The van der Waals surface area contributed by atoms with Crippen LogP contribution in [0.15, 0.2) is 0 Å². The van der Waals surface area contributed by atoms with Gasteiger partial charge in [0.15, 0.2) is 6.79 Å². The molecule has 0 saturated heterocycles. The summed E-state index contributed by atoms with van der Waals surface area (Å²) in [5, 5.41) is 0. The number of halogens is 1. The van der Waals surface area contributed by atoms with E-state index in [0.29, 0.717) is 6.61 Å². The van der Waals surface area contributed by atoms with Crippen LogP contribution in [0.2, 0.25) is 25.7 Å². The molecule has 0 bridgehead atoms. The maximum Gasteiger partial charge on any atom is 0.186 e. The van der Waals surface area contributed by atoms with Crippen molar-refractivity contribution in [2.45, 2.75) is 25.7 Å². The first-order valence-electron chi connectivity index (χ1n) is 3.37. The smallest absolute Gasteiger partial charge is 0.186 e. The van der Waals surface area contributed by atoms with Crippen LogP contribution in [-0.4, -0.2) is 21.5 Å². The molecule has 0 aliphatic rings. The van der Waals surface area contributed by atoms with E-state index in [0.717, 1.165) is 6.04 Å². The lowest BCUT2D eigenvalue weighted by molar-refractivity contribution is -0.210. The lowest BCUT2D eigenvalue weighted by Gasteiger charge is -2.14. The zero-order valence-electron chi connectivity index (χ0n) is 6.82. The van der Waals surface area contributed by atoms with Crippen molar-refractivity contribution in [2.24, 2.45) is 0 Å². The molecule has 0 spiro atoms. The summed E-state index contributed by atoms with van der Waals surface area (Å²) in [5.74, 6) is 0. The van der Waals surface area contributed by atoms with Crippen molar-refractivity contribution < 1.29 is 14.2 Å². The van der Waals surface area contributed by atoms with Crippen LogP contribution in [0.1, 0.15) is 0 Å². The summed E-state index contributed by atoms with van der Waals surface area (Å²) >= 11 is 0. The predicted octanol–water partition coefficient (Wildman–Crippen LogP) is 2.20. The third-order valence-corrected chi connectivity index (χ3v) is 2.83. The molecule has 2 nitrogen and oxygen atoms in total. The van der Waals surface area contributed by atoms with Gasteiger partial charge in [-0.3, -0.25) is 0 Å². The lowest BCUT2D eigenvalue weighted by Crippen LogP contribution is -2.21. The second kappa shape index (κ2) is 4.82. The van der Waals surface area contributed by atoms with Crippen molar-refractivity contribution >= 4 is 8.07 Å². The Hall–Kier alpha value is 0.0669. The van der Waals surface area contributed by atoms with Gasteiger partial charge in [-0.15, -0.1) is 0 Å². The quantitative estimate of drug-likeness (QED) is 0.354. The van der Waals surface area contributed by atoms with Crippen molar-refractivity contribution in [1.82, 2.24) is 0 Å². The molecule has 0 aromatic rings. The third kappa shape index (κ3) is 8.07. The van der Waals surface area contributed by atoms with Crippen LogP contribution in [0.25, 0.3) is 0 Å². The molecule has 0 aromatic carbocycles. The second-order valence-electron chi connectivity index (χ2n) is 3.45. The SMILES string of the molecule is C[Si](C)(C)CCOCOF. The first-order valence-corrected chi connectivity index (χ1v) is 7.08. The van der Waals surface area contributed by atoms with Gasteiger partial charge in [0.2, 0.25) is 0 Å². The van der Waals surface area contributed by atoms with Gasteiger partial charge in [-0.25, -0.2) is 0 Å². The fraction of sp³-hybridized carbons (Fsp3) is 1.00. The summed E-state index contributed by atoms with van der Waals surface area (Å²) < 4.78 is 15.8. The van der Waals surface area contributed by atoms with Gasteiger partial charge < -0.3 is 4.74 Å². The predicted molar refractivity (Wildman–Crippen MR) is 41.2 cm³/mol. The van der Waals surface area contributed by atoms with Crippen molar-refractivity contribution in [3.8, 4) is 0 Å². The fourth-order valence-corrected chi connectivity index (χ4v) is 1.23. The summed E-state index contributed by atoms with van der Waals surface area (Å²) in [4.78, 5) is 3.25. The number of rotatable bonds is 5. The number of ether oxygens (including phenoxy) is 1. The Morgan fingerprint density at radius 3 is 2.30 bits per heavy atom. The first-order chi connectivity index (χ1) is 4.56. The lowest BCUT2D eigenvalue weighted by atomic mass is 10.9. The molecule has 4 heteroatoms. The molecule has 0 fully saturated rings. The topological polar surface area (TPSA) is 18.5 Å². The highest BCUT2D eigenvalue weighted by molar-refractivity contribution is 6.76. The van der Waals surface area contributed by atoms with E-state index >= 15 is 0 Å². The Labute approximate surface area is 62.2 Å². The maximum absolute atomic E-state index is 11.0. The van der Waals surface area contributed by atoms with E-state index in [-0.39, 0.29) is 6.79 Å². The van der Waals surface area contributed by atoms with Crippen molar-refractivity contribution in [3.05, 3.63) is 0 Å². The van der Waals surface area contributed by atoms with Crippen LogP contribution in [-0.2, 0) is 9.68 Å². The maximum atomic E-state index is 11.0. The molecule has 10 heavy (non-hydrogen) atoms. The van der Waals surface area contributed by atoms with E-state index in [1.165, 1.54) is 0 Å². The minimum absolute atomic E-state index is 0.232. The molecule has 0 radical (unpaired) electrons. The minimum Gasteiger partial charge on any atom is -0.352 e. The zero-order chi connectivity index (χ0) is 8.04. The molecule has 0 aromatic heterocycles. The number of hydrogen-bond acceptors (Lipinski definition) is 2. The highest BCUT2D eigenvalue weighted by atomic mass is 28.3. The van der Waals surface area contributed by atoms with Crippen LogP contribution >= 0.6 is 0 Å². The van der Waals surface area contributed by atoms with Crippen molar-refractivity contribution in [1.29, 1.82) is 0 Å². The van der Waals surface area contributed by atoms with E-state index in [1.807, 2.05) is 0 Å². The average Bonchev–Trinajstić information content (AvgIpc) is 1.78. The van der Waals surface area contributed by atoms with Gasteiger partial charge >= 0.3 is 0 Å². The van der Waals surface area contributed by atoms with Crippen LogP contribution < -0.4 is 0 Å². The molecule has 0 amide bonds. The average molecular weight is 166 g/mol. The van der Waals surface area contributed by atoms with Gasteiger partial charge in [0.25, 0.3) is 0 Å². The van der Waals surface area contributed by atoms with Gasteiger partial charge in [0.05, 0.1) is 0 Å².